The van der Waals surface area contributed by atoms with Crippen molar-refractivity contribution in [2.75, 3.05) is 39.3 Å². The number of fused-ring (bicyclic) bond motifs is 1. The van der Waals surface area contributed by atoms with Crippen molar-refractivity contribution >= 4 is 5.97 Å². The van der Waals surface area contributed by atoms with Gasteiger partial charge in [0.15, 0.2) is 0 Å². The van der Waals surface area contributed by atoms with Gasteiger partial charge >= 0.3 is 5.97 Å². The largest absolute Gasteiger partial charge is 0.481 e. The second-order valence-corrected chi connectivity index (χ2v) is 13.0. The number of carboxylic acids is 1. The molecule has 3 heterocycles. The minimum absolute atomic E-state index is 0.181. The molecule has 0 bridgehead atoms. The second kappa shape index (κ2) is 10.6. The summed E-state index contributed by atoms with van der Waals surface area (Å²) in [4.78, 5) is 17.5. The first-order chi connectivity index (χ1) is 18.8. The van der Waals surface area contributed by atoms with Crippen LogP contribution in [0.15, 0.2) is 24.3 Å². The summed E-state index contributed by atoms with van der Waals surface area (Å²) < 4.78 is 16.4. The quantitative estimate of drug-likeness (QED) is 0.484. The molecule has 0 amide bonds. The van der Waals surface area contributed by atoms with Crippen molar-refractivity contribution in [1.29, 1.82) is 0 Å². The van der Waals surface area contributed by atoms with Gasteiger partial charge in [-0.3, -0.25) is 9.48 Å². The maximum atomic E-state index is 14.3. The lowest BCUT2D eigenvalue weighted by Crippen LogP contribution is -2.44. The number of hydrogen-bond donors (Lipinski definition) is 1. The second-order valence-electron chi connectivity index (χ2n) is 13.0. The number of rotatable bonds is 9. The molecule has 5 atom stereocenters. The van der Waals surface area contributed by atoms with Crippen LogP contribution >= 0.6 is 0 Å². The van der Waals surface area contributed by atoms with Crippen molar-refractivity contribution in [3.63, 3.8) is 0 Å². The van der Waals surface area contributed by atoms with E-state index < -0.39 is 11.4 Å². The summed E-state index contributed by atoms with van der Waals surface area (Å²) in [7, 11) is 2.09. The van der Waals surface area contributed by atoms with Crippen LogP contribution in [0.3, 0.4) is 0 Å². The molecule has 212 valence electrons. The Bertz CT molecular complexity index is 1190. The summed E-state index contributed by atoms with van der Waals surface area (Å²) in [6.45, 7) is 10.1. The average Bonchev–Trinajstić information content (AvgIpc) is 3.23. The highest BCUT2D eigenvalue weighted by Crippen LogP contribution is 2.60. The smallest absolute Gasteiger partial charge is 0.310 e. The topological polar surface area (TPSA) is 61.6 Å². The molecule has 6 nitrogen and oxygen atoms in total. The number of halogens is 1. The number of aryl methyl sites for hydroxylation is 2. The number of aliphatic carboxylic acids is 1. The fourth-order valence-corrected chi connectivity index (χ4v) is 8.71. The van der Waals surface area contributed by atoms with Gasteiger partial charge in [-0.2, -0.15) is 5.10 Å². The number of carbonyl (C=O) groups is 1. The third-order valence-corrected chi connectivity index (χ3v) is 10.6. The average molecular weight is 537 g/mol. The molecule has 1 aromatic carbocycles. The van der Waals surface area contributed by atoms with Crippen LogP contribution < -0.4 is 0 Å². The Balaban J connectivity index is 1.16. The summed E-state index contributed by atoms with van der Waals surface area (Å²) >= 11 is 0. The predicted octanol–water partition coefficient (Wildman–Crippen LogP) is 5.08. The highest BCUT2D eigenvalue weighted by Gasteiger charge is 2.58. The molecule has 2 saturated carbocycles. The normalized spacial score (nSPS) is 30.5. The van der Waals surface area contributed by atoms with Gasteiger partial charge in [0.1, 0.15) is 5.82 Å². The highest BCUT2D eigenvalue weighted by atomic mass is 19.1. The molecule has 2 aliphatic carbocycles. The molecule has 4 aliphatic rings. The lowest BCUT2D eigenvalue weighted by molar-refractivity contribution is -0.152. The summed E-state index contributed by atoms with van der Waals surface area (Å²) in [6.07, 6.45) is 6.73. The molecule has 0 spiro atoms. The minimum atomic E-state index is -0.632. The summed E-state index contributed by atoms with van der Waals surface area (Å²) in [5, 5.41) is 15.0. The first-order valence-corrected chi connectivity index (χ1v) is 15.3. The van der Waals surface area contributed by atoms with Crippen LogP contribution in [0.1, 0.15) is 80.3 Å². The van der Waals surface area contributed by atoms with Gasteiger partial charge in [0.25, 0.3) is 0 Å². The molecule has 7 heteroatoms. The van der Waals surface area contributed by atoms with Gasteiger partial charge in [-0.15, -0.1) is 0 Å². The number of nitrogens with zero attached hydrogens (tertiary/aromatic N) is 4. The van der Waals surface area contributed by atoms with Crippen LogP contribution in [0, 0.1) is 29.0 Å². The number of carboxylic acid groups (broad SMARTS) is 1. The maximum Gasteiger partial charge on any atom is 0.310 e. The monoisotopic (exact) mass is 536 g/mol. The van der Waals surface area contributed by atoms with Crippen molar-refractivity contribution < 1.29 is 14.3 Å². The molecule has 1 unspecified atom stereocenters. The highest BCUT2D eigenvalue weighted by molar-refractivity contribution is 5.75. The van der Waals surface area contributed by atoms with Gasteiger partial charge in [0, 0.05) is 63.5 Å². The third kappa shape index (κ3) is 4.94. The van der Waals surface area contributed by atoms with E-state index in [0.29, 0.717) is 30.2 Å². The molecular formula is C32H45FN4O2. The van der Waals surface area contributed by atoms with Gasteiger partial charge in [0.05, 0.1) is 11.1 Å². The molecule has 4 fully saturated rings. The zero-order chi connectivity index (χ0) is 27.3. The zero-order valence-electron chi connectivity index (χ0n) is 23.9. The zero-order valence-corrected chi connectivity index (χ0v) is 23.9. The van der Waals surface area contributed by atoms with Gasteiger partial charge < -0.3 is 14.9 Å². The van der Waals surface area contributed by atoms with E-state index in [0.717, 1.165) is 83.2 Å². The maximum absolute atomic E-state index is 14.3. The Kier molecular flexibility index (Phi) is 7.34. The van der Waals surface area contributed by atoms with Crippen molar-refractivity contribution in [3.05, 3.63) is 52.6 Å². The van der Waals surface area contributed by atoms with Gasteiger partial charge in [-0.25, -0.2) is 4.39 Å². The fourth-order valence-electron chi connectivity index (χ4n) is 8.71. The van der Waals surface area contributed by atoms with Crippen LogP contribution in [-0.2, 0) is 24.7 Å². The van der Waals surface area contributed by atoms with Crippen LogP contribution in [0.25, 0.3) is 0 Å². The Morgan fingerprint density at radius 2 is 1.79 bits per heavy atom. The summed E-state index contributed by atoms with van der Waals surface area (Å²) in [6, 6.07) is 7.11. The van der Waals surface area contributed by atoms with E-state index in [1.807, 2.05) is 6.07 Å². The fraction of sp³-hybridized carbons (Fsp3) is 0.688. The summed E-state index contributed by atoms with van der Waals surface area (Å²) in [5.41, 5.74) is 4.67. The number of likely N-dealkylation sites (tertiary alicyclic amines) is 2. The minimum Gasteiger partial charge on any atom is -0.481 e. The van der Waals surface area contributed by atoms with E-state index in [1.54, 1.807) is 6.07 Å². The van der Waals surface area contributed by atoms with Crippen LogP contribution in [0.5, 0.6) is 0 Å². The molecule has 2 aliphatic heterocycles. The Morgan fingerprint density at radius 3 is 2.44 bits per heavy atom. The van der Waals surface area contributed by atoms with E-state index in [-0.39, 0.29) is 11.7 Å². The number of benzene rings is 1. The third-order valence-electron chi connectivity index (χ3n) is 10.6. The number of aromatic nitrogens is 2. The molecule has 2 aromatic rings. The first kappa shape index (κ1) is 26.9. The number of piperidine rings is 1. The van der Waals surface area contributed by atoms with Crippen molar-refractivity contribution in [1.82, 2.24) is 19.6 Å². The lowest BCUT2D eigenvalue weighted by atomic mass is 9.73. The first-order valence-electron chi connectivity index (χ1n) is 15.3. The summed E-state index contributed by atoms with van der Waals surface area (Å²) in [5.74, 6) is 1.89. The van der Waals surface area contributed by atoms with Crippen molar-refractivity contribution in [2.45, 2.75) is 70.6 Å². The van der Waals surface area contributed by atoms with Gasteiger partial charge in [-0.05, 0) is 67.1 Å². The molecule has 39 heavy (non-hydrogen) atoms. The van der Waals surface area contributed by atoms with E-state index in [9.17, 15) is 14.3 Å². The van der Waals surface area contributed by atoms with E-state index in [1.165, 1.54) is 23.0 Å². The van der Waals surface area contributed by atoms with Gasteiger partial charge in [-0.1, -0.05) is 45.2 Å². The van der Waals surface area contributed by atoms with Crippen LogP contribution in [0.4, 0.5) is 4.39 Å². The SMILES string of the molecule is CCc1nn(C)c(CC)c1C1[C@H]2CN(C[C@H]3CN(CC4(C(=O)O)CCCCC4)C[C@@H]3c3cccc(F)c3)C[C@@H]12. The predicted molar refractivity (Wildman–Crippen MR) is 150 cm³/mol. The Hall–Kier alpha value is -2.25. The molecule has 1 aromatic heterocycles. The standard InChI is InChI=1S/C32H45FN4O2/c1-4-27-30(28(5-2)35(3)34-27)29-25-18-36(19-26(25)29)15-22-16-37(17-24(22)21-10-9-11-23(33)14-21)20-32(31(38)39)12-7-6-8-13-32/h9-11,14,22,24-26,29H,4-8,12-13,15-20H2,1-3H3,(H,38,39)/t22-,24+,25-,26+,29?/m0/s1. The van der Waals surface area contributed by atoms with Gasteiger partial charge in [0.2, 0.25) is 0 Å². The molecular weight excluding hydrogens is 491 g/mol. The molecule has 2 saturated heterocycles. The van der Waals surface area contributed by atoms with Crippen molar-refractivity contribution in [2.24, 2.45) is 30.2 Å². The van der Waals surface area contributed by atoms with E-state index >= 15 is 0 Å². The Labute approximate surface area is 232 Å². The van der Waals surface area contributed by atoms with Crippen LogP contribution in [0.2, 0.25) is 0 Å². The Morgan fingerprint density at radius 1 is 1.05 bits per heavy atom. The lowest BCUT2D eigenvalue weighted by Gasteiger charge is -2.36. The van der Waals surface area contributed by atoms with Crippen molar-refractivity contribution in [3.8, 4) is 0 Å². The van der Waals surface area contributed by atoms with E-state index in [4.69, 9.17) is 5.10 Å². The van der Waals surface area contributed by atoms with Crippen LogP contribution in [-0.4, -0.2) is 69.9 Å². The van der Waals surface area contributed by atoms with E-state index in [2.05, 4.69) is 41.4 Å². The number of hydrogen-bond acceptors (Lipinski definition) is 4. The molecule has 1 N–H and O–H groups in total. The molecule has 6 rings (SSSR count). The molecule has 0 radical (unpaired) electrons.